The number of rotatable bonds is 0. The molecule has 0 aliphatic rings. The normalized spacial score (nSPS) is 11.2. The smallest absolute Gasteiger partial charge is 0.0337 e. The summed E-state index contributed by atoms with van der Waals surface area (Å²) < 4.78 is 9.80. The van der Waals surface area contributed by atoms with Crippen LogP contribution in [-0.4, -0.2) is 4.34 Å². The number of aryl methyl sites for hydroxylation is 2. The average Bonchev–Trinajstić information content (AvgIpc) is 2.38. The fourth-order valence-corrected chi connectivity index (χ4v) is 1.96. The molecule has 3 heteroatoms. The van der Waals surface area contributed by atoms with Gasteiger partial charge in [-0.15, -0.1) is 5.69 Å². The minimum atomic E-state index is 0. The fourth-order valence-electron chi connectivity index (χ4n) is 1.56. The van der Waals surface area contributed by atoms with Crippen molar-refractivity contribution in [2.45, 2.75) is 13.8 Å². The molecule has 0 bridgehead atoms. The van der Waals surface area contributed by atoms with Crippen LogP contribution in [0.15, 0.2) is 18.2 Å². The predicted molar refractivity (Wildman–Crippen MR) is 61.0 cm³/mol. The van der Waals surface area contributed by atoms with Gasteiger partial charge >= 0.3 is 0 Å². The summed E-state index contributed by atoms with van der Waals surface area (Å²) in [6.07, 6.45) is 0. The quantitative estimate of drug-likeness (QED) is 0.516. The first-order valence-electron chi connectivity index (χ1n) is 4.72. The van der Waals surface area contributed by atoms with E-state index in [0.29, 0.717) is 6.04 Å². The van der Waals surface area contributed by atoms with Crippen LogP contribution in [0.5, 0.6) is 0 Å². The fraction of sp³-hybridized carbons (Fsp3) is 0.182. The topological polar surface area (TPSA) is 4.93 Å². The van der Waals surface area contributed by atoms with Gasteiger partial charge in [0.15, 0.2) is 0 Å². The van der Waals surface area contributed by atoms with Crippen LogP contribution >= 0.6 is 9.39 Å². The van der Waals surface area contributed by atoms with Gasteiger partial charge in [-0.2, -0.15) is 6.04 Å². The van der Waals surface area contributed by atoms with Gasteiger partial charge in [0.25, 0.3) is 0 Å². The Kier molecular flexibility index (Phi) is 3.32. The van der Waals surface area contributed by atoms with E-state index in [-0.39, 0.29) is 32.7 Å². The van der Waals surface area contributed by atoms with Gasteiger partial charge in [-0.05, 0) is 34.4 Å². The molecule has 0 aliphatic heterocycles. The van der Waals surface area contributed by atoms with Crippen molar-refractivity contribution in [1.29, 1.82) is 0 Å². The second-order valence-corrected chi connectivity index (χ2v) is 3.86. The monoisotopic (exact) mass is 281 g/mol. The average molecular weight is 281 g/mol. The molecule has 0 saturated carbocycles. The van der Waals surface area contributed by atoms with E-state index in [2.05, 4.69) is 36.2 Å². The van der Waals surface area contributed by atoms with Crippen LogP contribution in [0.4, 0.5) is 0 Å². The number of nitrogens with zero attached hydrogens (tertiary/aromatic N) is 1. The Bertz CT molecular complexity index is 519. The first-order valence-corrected chi connectivity index (χ1v) is 4.74. The maximum absolute atomic E-state index is 7.88. The van der Waals surface area contributed by atoms with Gasteiger partial charge in [-0.25, -0.2) is 6.92 Å². The maximum atomic E-state index is 7.88. The third-order valence-corrected chi connectivity index (χ3v) is 3.08. The Morgan fingerprint density at radius 3 is 2.71 bits per heavy atom. The van der Waals surface area contributed by atoms with Gasteiger partial charge < -0.3 is 4.34 Å². The Hall–Kier alpha value is 0.164. The molecule has 1 unspecified atom stereocenters. The van der Waals surface area contributed by atoms with E-state index in [1.165, 1.54) is 11.1 Å². The molecule has 0 N–H and O–H groups in total. The minimum absolute atomic E-state index is 0. The molecule has 0 fully saturated rings. The second-order valence-electron chi connectivity index (χ2n) is 3.35. The Morgan fingerprint density at radius 2 is 2.07 bits per heavy atom. The Labute approximate surface area is 114 Å². The molecule has 1 radical (unpaired) electrons. The third kappa shape index (κ3) is 1.78. The van der Waals surface area contributed by atoms with Crippen LogP contribution in [0.25, 0.3) is 10.9 Å². The van der Waals surface area contributed by atoms with E-state index < -0.39 is 0 Å². The number of aromatic nitrogens is 1. The van der Waals surface area contributed by atoms with Crippen LogP contribution < -0.4 is 0 Å². The third-order valence-electron chi connectivity index (χ3n) is 2.51. The zero-order valence-corrected chi connectivity index (χ0v) is 12.5. The SMILES string of the molecule is [3H]c1c([CH2-])n(P)c2c(C)c(C)ccc12.[Y]. The van der Waals surface area contributed by atoms with E-state index in [0.717, 1.165) is 16.6 Å². The van der Waals surface area contributed by atoms with Crippen molar-refractivity contribution in [3.63, 3.8) is 0 Å². The molecule has 0 aliphatic carbocycles. The largest absolute Gasteiger partial charge is 0.361 e. The summed E-state index contributed by atoms with van der Waals surface area (Å²) in [6.45, 7) is 8.04. The molecule has 0 saturated heterocycles. The molecule has 1 aromatic carbocycles. The molecule has 1 nitrogen and oxygen atoms in total. The van der Waals surface area contributed by atoms with E-state index >= 15 is 0 Å². The van der Waals surface area contributed by atoms with Crippen LogP contribution in [0.1, 0.15) is 18.2 Å². The summed E-state index contributed by atoms with van der Waals surface area (Å²) in [4.78, 5) is 0. The van der Waals surface area contributed by atoms with Crippen molar-refractivity contribution in [3.05, 3.63) is 41.9 Å². The molecule has 1 aromatic heterocycles. The zero-order chi connectivity index (χ0) is 10.5. The first kappa shape index (κ1) is 10.7. The van der Waals surface area contributed by atoms with Gasteiger partial charge in [0.1, 0.15) is 0 Å². The van der Waals surface area contributed by atoms with Crippen molar-refractivity contribution in [1.82, 2.24) is 4.34 Å². The molecule has 1 heterocycles. The predicted octanol–water partition coefficient (Wildman–Crippen LogP) is 3.08. The Morgan fingerprint density at radius 1 is 1.43 bits per heavy atom. The molecule has 14 heavy (non-hydrogen) atoms. The zero-order valence-electron chi connectivity index (χ0n) is 9.46. The van der Waals surface area contributed by atoms with Gasteiger partial charge in [-0.1, -0.05) is 18.9 Å². The molecule has 2 aromatic rings. The van der Waals surface area contributed by atoms with Crippen LogP contribution in [0.2, 0.25) is 0 Å². The van der Waals surface area contributed by atoms with Gasteiger partial charge in [-0.3, -0.25) is 0 Å². The maximum Gasteiger partial charge on any atom is 0.0337 e. The van der Waals surface area contributed by atoms with Crippen LogP contribution in [0.3, 0.4) is 0 Å². The molecular formula is C11H13NPY-. The summed E-state index contributed by atoms with van der Waals surface area (Å²) in [5, 5.41) is 0.980. The van der Waals surface area contributed by atoms with Gasteiger partial charge in [0.05, 0.1) is 0 Å². The number of fused-ring (bicyclic) bond motifs is 1. The molecule has 2 rings (SSSR count). The summed E-state index contributed by atoms with van der Waals surface area (Å²) in [5.41, 5.74) is 4.32. The minimum Gasteiger partial charge on any atom is -0.361 e. The van der Waals surface area contributed by atoms with Crippen molar-refractivity contribution >= 4 is 20.3 Å². The summed E-state index contributed by atoms with van der Waals surface area (Å²) in [6, 6.07) is 4.58. The van der Waals surface area contributed by atoms with Crippen molar-refractivity contribution < 1.29 is 34.1 Å². The van der Waals surface area contributed by atoms with Crippen molar-refractivity contribution in [2.24, 2.45) is 0 Å². The second kappa shape index (κ2) is 4.35. The van der Waals surface area contributed by atoms with Crippen molar-refractivity contribution in [3.8, 4) is 0 Å². The van der Waals surface area contributed by atoms with Gasteiger partial charge in [0, 0.05) is 38.2 Å². The van der Waals surface area contributed by atoms with E-state index in [9.17, 15) is 0 Å². The number of hydrogen-bond acceptors (Lipinski definition) is 0. The van der Waals surface area contributed by atoms with Gasteiger partial charge in [0.2, 0.25) is 0 Å². The van der Waals surface area contributed by atoms with E-state index in [1.807, 2.05) is 10.4 Å². The summed E-state index contributed by atoms with van der Waals surface area (Å²) in [7, 11) is 2.61. The van der Waals surface area contributed by atoms with E-state index in [1.54, 1.807) is 0 Å². The summed E-state index contributed by atoms with van der Waals surface area (Å²) >= 11 is 0. The first-order chi connectivity index (χ1) is 6.54. The Balaban J connectivity index is 0.00000112. The van der Waals surface area contributed by atoms with Crippen LogP contribution in [-0.2, 0) is 32.7 Å². The summed E-state index contributed by atoms with van der Waals surface area (Å²) in [5.74, 6) is 0. The molecule has 0 amide bonds. The number of hydrogen-bond donors (Lipinski definition) is 0. The molecule has 0 spiro atoms. The molecule has 71 valence electrons. The standard InChI is InChI=1S/C11H13NP.Y/c1-7-4-5-10-6-8(2)12(13)11(10)9(7)3;/h4-6H,2,13H2,1,3H3;/q-1;/i6T;. The molecule has 1 atom stereocenters. The van der Waals surface area contributed by atoms with E-state index in [4.69, 9.17) is 1.37 Å². The van der Waals surface area contributed by atoms with Crippen LogP contribution in [0, 0.1) is 20.8 Å². The molecular weight excluding hydrogens is 266 g/mol. The number of benzene rings is 1. The van der Waals surface area contributed by atoms with Crippen molar-refractivity contribution in [2.75, 3.05) is 0 Å².